The van der Waals surface area contributed by atoms with Crippen LogP contribution in [0.3, 0.4) is 0 Å². The number of hydrogen-bond acceptors (Lipinski definition) is 5. The van der Waals surface area contributed by atoms with Crippen LogP contribution in [-0.4, -0.2) is 46.1 Å². The molecule has 2 atom stereocenters. The lowest BCUT2D eigenvalue weighted by Crippen LogP contribution is -2.51. The van der Waals surface area contributed by atoms with Crippen LogP contribution in [0.4, 0.5) is 10.5 Å². The van der Waals surface area contributed by atoms with Crippen molar-refractivity contribution in [3.05, 3.63) is 72.3 Å². The van der Waals surface area contributed by atoms with Gasteiger partial charge in [-0.1, -0.05) is 68.7 Å². The molecule has 0 aliphatic heterocycles. The smallest absolute Gasteiger partial charge is 0.408 e. The Morgan fingerprint density at radius 3 is 2.25 bits per heavy atom. The van der Waals surface area contributed by atoms with Crippen LogP contribution in [0.2, 0.25) is 0 Å². The summed E-state index contributed by atoms with van der Waals surface area (Å²) in [6.45, 7) is 9.24. The first-order chi connectivity index (χ1) is 19.0. The van der Waals surface area contributed by atoms with Gasteiger partial charge in [0, 0.05) is 12.2 Å². The van der Waals surface area contributed by atoms with Gasteiger partial charge in [-0.2, -0.15) is 0 Å². The van der Waals surface area contributed by atoms with Gasteiger partial charge in [0.2, 0.25) is 5.91 Å². The molecule has 0 fully saturated rings. The Bertz CT molecular complexity index is 1300. The zero-order chi connectivity index (χ0) is 29.3. The van der Waals surface area contributed by atoms with E-state index in [1.165, 1.54) is 17.0 Å². The molecule has 8 heteroatoms. The second-order valence-corrected chi connectivity index (χ2v) is 11.0. The molecule has 0 aliphatic rings. The summed E-state index contributed by atoms with van der Waals surface area (Å²) >= 11 is 0. The Kier molecular flexibility index (Phi) is 10.5. The van der Waals surface area contributed by atoms with Crippen LogP contribution in [0.15, 0.2) is 66.7 Å². The second kappa shape index (κ2) is 13.8. The largest absolute Gasteiger partial charge is 0.508 e. The molecule has 3 aromatic carbocycles. The van der Waals surface area contributed by atoms with Gasteiger partial charge >= 0.3 is 6.09 Å². The highest BCUT2D eigenvalue weighted by molar-refractivity contribution is 6.00. The normalized spacial score (nSPS) is 12.8. The molecule has 0 aromatic heterocycles. The minimum Gasteiger partial charge on any atom is -0.508 e. The van der Waals surface area contributed by atoms with Crippen molar-refractivity contribution in [2.45, 2.75) is 78.0 Å². The van der Waals surface area contributed by atoms with Gasteiger partial charge in [0.15, 0.2) is 0 Å². The van der Waals surface area contributed by atoms with Crippen molar-refractivity contribution in [1.82, 2.24) is 10.2 Å². The molecule has 0 saturated heterocycles. The van der Waals surface area contributed by atoms with Gasteiger partial charge in [-0.3, -0.25) is 9.59 Å². The molecule has 0 saturated carbocycles. The Balaban J connectivity index is 1.94. The van der Waals surface area contributed by atoms with E-state index in [0.717, 1.165) is 30.0 Å². The molecule has 3 aromatic rings. The molecule has 3 N–H and O–H groups in total. The number of unbranched alkanes of at least 4 members (excludes halogenated alkanes) is 3. The third kappa shape index (κ3) is 8.73. The number of benzene rings is 3. The van der Waals surface area contributed by atoms with Crippen LogP contribution in [0.1, 0.15) is 71.9 Å². The van der Waals surface area contributed by atoms with Gasteiger partial charge in [0.25, 0.3) is 5.91 Å². The predicted molar refractivity (Wildman–Crippen MR) is 158 cm³/mol. The summed E-state index contributed by atoms with van der Waals surface area (Å²) in [5.41, 5.74) is 0.427. The monoisotopic (exact) mass is 547 g/mol. The lowest BCUT2D eigenvalue weighted by Gasteiger charge is -2.34. The summed E-state index contributed by atoms with van der Waals surface area (Å²) in [7, 11) is 0. The number of ether oxygens (including phenoxy) is 1. The van der Waals surface area contributed by atoms with Crippen molar-refractivity contribution in [3.63, 3.8) is 0 Å². The van der Waals surface area contributed by atoms with Crippen molar-refractivity contribution in [2.75, 3.05) is 11.9 Å². The lowest BCUT2D eigenvalue weighted by molar-refractivity contribution is -0.140. The molecule has 0 bridgehead atoms. The molecule has 0 aliphatic carbocycles. The third-order valence-corrected chi connectivity index (χ3v) is 6.43. The maximum absolute atomic E-state index is 13.9. The molecule has 2 unspecified atom stereocenters. The van der Waals surface area contributed by atoms with Gasteiger partial charge in [-0.05, 0) is 74.7 Å². The van der Waals surface area contributed by atoms with E-state index in [1.807, 2.05) is 42.5 Å². The number of nitrogens with zero attached hydrogens (tertiary/aromatic N) is 1. The maximum atomic E-state index is 13.9. The standard InChI is InChI=1S/C32H41N3O5/c1-6-7-8-11-20-35(30(38)22(2)33-31(39)40-32(3,4)5)28(24-15-18-27(36)19-16-24)29(37)34-26-17-14-23-12-9-10-13-25(23)21-26/h9-10,12-19,21-22,28,36H,6-8,11,20H2,1-5H3,(H,33,39)(H,34,37). The van der Waals surface area contributed by atoms with E-state index in [4.69, 9.17) is 4.74 Å². The fraction of sp³-hybridized carbons (Fsp3) is 0.406. The molecule has 214 valence electrons. The van der Waals surface area contributed by atoms with Gasteiger partial charge in [-0.25, -0.2) is 4.79 Å². The van der Waals surface area contributed by atoms with Crippen LogP contribution in [-0.2, 0) is 14.3 Å². The number of carbonyl (C=O) groups is 3. The number of aromatic hydroxyl groups is 1. The highest BCUT2D eigenvalue weighted by atomic mass is 16.6. The van der Waals surface area contributed by atoms with Crippen molar-refractivity contribution in [1.29, 1.82) is 0 Å². The molecule has 40 heavy (non-hydrogen) atoms. The fourth-order valence-electron chi connectivity index (χ4n) is 4.48. The Morgan fingerprint density at radius 2 is 1.60 bits per heavy atom. The summed E-state index contributed by atoms with van der Waals surface area (Å²) in [5, 5.41) is 17.5. The van der Waals surface area contributed by atoms with E-state index < -0.39 is 35.6 Å². The quantitative estimate of drug-likeness (QED) is 0.236. The van der Waals surface area contributed by atoms with Crippen molar-refractivity contribution >= 4 is 34.4 Å². The Hall–Kier alpha value is -4.07. The molecule has 8 nitrogen and oxygen atoms in total. The van der Waals surface area contributed by atoms with Crippen LogP contribution >= 0.6 is 0 Å². The number of amides is 3. The fourth-order valence-corrected chi connectivity index (χ4v) is 4.48. The highest BCUT2D eigenvalue weighted by Gasteiger charge is 2.34. The number of carbonyl (C=O) groups excluding carboxylic acids is 3. The molecule has 0 spiro atoms. The predicted octanol–water partition coefficient (Wildman–Crippen LogP) is 6.55. The number of phenolic OH excluding ortho intramolecular Hbond substituents is 1. The topological polar surface area (TPSA) is 108 Å². The number of rotatable bonds is 11. The van der Waals surface area contributed by atoms with E-state index in [2.05, 4.69) is 17.6 Å². The van der Waals surface area contributed by atoms with E-state index >= 15 is 0 Å². The number of alkyl carbamates (subject to hydrolysis) is 1. The summed E-state index contributed by atoms with van der Waals surface area (Å²) in [6.07, 6.45) is 2.90. The number of fused-ring (bicyclic) bond motifs is 1. The highest BCUT2D eigenvalue weighted by Crippen LogP contribution is 2.27. The number of hydrogen-bond donors (Lipinski definition) is 3. The molecular weight excluding hydrogens is 506 g/mol. The van der Waals surface area contributed by atoms with Gasteiger partial charge < -0.3 is 25.4 Å². The van der Waals surface area contributed by atoms with Crippen LogP contribution in [0.25, 0.3) is 10.8 Å². The molecule has 0 heterocycles. The number of anilines is 1. The van der Waals surface area contributed by atoms with Crippen LogP contribution < -0.4 is 10.6 Å². The first-order valence-corrected chi connectivity index (χ1v) is 13.9. The minimum atomic E-state index is -0.996. The average molecular weight is 548 g/mol. The second-order valence-electron chi connectivity index (χ2n) is 11.0. The van der Waals surface area contributed by atoms with Crippen molar-refractivity contribution < 1.29 is 24.2 Å². The van der Waals surface area contributed by atoms with Crippen LogP contribution in [0, 0.1) is 0 Å². The average Bonchev–Trinajstić information content (AvgIpc) is 2.89. The summed E-state index contributed by atoms with van der Waals surface area (Å²) in [5.74, 6) is -0.749. The summed E-state index contributed by atoms with van der Waals surface area (Å²) in [4.78, 5) is 41.7. The molecule has 3 amide bonds. The van der Waals surface area contributed by atoms with E-state index in [0.29, 0.717) is 24.2 Å². The molecule has 0 radical (unpaired) electrons. The van der Waals surface area contributed by atoms with Gasteiger partial charge in [-0.15, -0.1) is 0 Å². The summed E-state index contributed by atoms with van der Waals surface area (Å²) in [6, 6.07) is 17.8. The number of nitrogens with one attached hydrogen (secondary N) is 2. The van der Waals surface area contributed by atoms with E-state index in [1.54, 1.807) is 39.8 Å². The summed E-state index contributed by atoms with van der Waals surface area (Å²) < 4.78 is 5.34. The molecule has 3 rings (SSSR count). The van der Waals surface area contributed by atoms with Gasteiger partial charge in [0.05, 0.1) is 0 Å². The lowest BCUT2D eigenvalue weighted by atomic mass is 10.0. The number of phenols is 1. The zero-order valence-electron chi connectivity index (χ0n) is 24.1. The minimum absolute atomic E-state index is 0.0539. The first kappa shape index (κ1) is 30.5. The zero-order valence-corrected chi connectivity index (χ0v) is 24.1. The SMILES string of the molecule is CCCCCCN(C(=O)C(C)NC(=O)OC(C)(C)C)C(C(=O)Nc1ccc2ccccc2c1)c1ccc(O)cc1. The third-order valence-electron chi connectivity index (χ3n) is 6.43. The van der Waals surface area contributed by atoms with Crippen molar-refractivity contribution in [3.8, 4) is 5.75 Å². The Morgan fingerprint density at radius 1 is 0.925 bits per heavy atom. The molecular formula is C32H41N3O5. The van der Waals surface area contributed by atoms with Crippen LogP contribution in [0.5, 0.6) is 5.75 Å². The van der Waals surface area contributed by atoms with Gasteiger partial charge in [0.1, 0.15) is 23.4 Å². The Labute approximate surface area is 236 Å². The van der Waals surface area contributed by atoms with E-state index in [-0.39, 0.29) is 5.75 Å². The first-order valence-electron chi connectivity index (χ1n) is 13.9. The van der Waals surface area contributed by atoms with E-state index in [9.17, 15) is 19.5 Å². The maximum Gasteiger partial charge on any atom is 0.408 e. The van der Waals surface area contributed by atoms with Crippen molar-refractivity contribution in [2.24, 2.45) is 0 Å².